The number of rotatable bonds is 3. The zero-order valence-electron chi connectivity index (χ0n) is 10.5. The second kappa shape index (κ2) is 5.66. The molecule has 0 aromatic heterocycles. The van der Waals surface area contributed by atoms with Gasteiger partial charge in [0.25, 0.3) is 0 Å². The molecule has 1 saturated heterocycles. The van der Waals surface area contributed by atoms with Crippen LogP contribution in [-0.2, 0) is 9.47 Å². The summed E-state index contributed by atoms with van der Waals surface area (Å²) in [5, 5.41) is 18.3. The molecule has 0 aliphatic carbocycles. The van der Waals surface area contributed by atoms with Crippen molar-refractivity contribution in [1.29, 1.82) is 0 Å². The van der Waals surface area contributed by atoms with Crippen molar-refractivity contribution in [1.82, 2.24) is 4.90 Å². The maximum Gasteiger partial charge on any atom is 0.410 e. The van der Waals surface area contributed by atoms with Crippen molar-refractivity contribution in [3.8, 4) is 0 Å². The van der Waals surface area contributed by atoms with Gasteiger partial charge in [0.1, 0.15) is 11.7 Å². The predicted octanol–water partition coefficient (Wildman–Crippen LogP) is -0.0245. The van der Waals surface area contributed by atoms with Crippen LogP contribution in [-0.4, -0.2) is 65.3 Å². The van der Waals surface area contributed by atoms with Gasteiger partial charge in [-0.15, -0.1) is 0 Å². The highest BCUT2D eigenvalue weighted by Gasteiger charge is 2.36. The Balaban J connectivity index is 2.45. The van der Waals surface area contributed by atoms with E-state index in [1.165, 1.54) is 4.90 Å². The van der Waals surface area contributed by atoms with E-state index in [-0.39, 0.29) is 26.3 Å². The highest BCUT2D eigenvalue weighted by atomic mass is 16.6. The lowest BCUT2D eigenvalue weighted by Crippen LogP contribution is -2.36. The fourth-order valence-electron chi connectivity index (χ4n) is 1.60. The van der Waals surface area contributed by atoms with Gasteiger partial charge in [-0.05, 0) is 20.8 Å². The van der Waals surface area contributed by atoms with Gasteiger partial charge in [-0.25, -0.2) is 4.79 Å². The van der Waals surface area contributed by atoms with Crippen LogP contribution in [0.25, 0.3) is 0 Å². The van der Waals surface area contributed by atoms with E-state index in [4.69, 9.17) is 14.6 Å². The van der Waals surface area contributed by atoms with Crippen LogP contribution in [0.1, 0.15) is 20.8 Å². The molecule has 0 saturated carbocycles. The molecule has 100 valence electrons. The molecule has 2 N–H and O–H groups in total. The van der Waals surface area contributed by atoms with Gasteiger partial charge in [0.15, 0.2) is 0 Å². The van der Waals surface area contributed by atoms with Crippen molar-refractivity contribution in [2.45, 2.75) is 38.6 Å². The number of ether oxygens (including phenoxy) is 2. The number of β-amino-alcohol motifs (C(OH)–C–C–N with tert-alkyl or cyclic N) is 1. The highest BCUT2D eigenvalue weighted by molar-refractivity contribution is 5.68. The molecule has 1 rings (SSSR count). The smallest absolute Gasteiger partial charge is 0.410 e. The van der Waals surface area contributed by atoms with Crippen LogP contribution in [0.4, 0.5) is 4.79 Å². The summed E-state index contributed by atoms with van der Waals surface area (Å²) in [6.07, 6.45) is -1.63. The Morgan fingerprint density at radius 2 is 2.06 bits per heavy atom. The van der Waals surface area contributed by atoms with Gasteiger partial charge in [-0.1, -0.05) is 0 Å². The van der Waals surface area contributed by atoms with Gasteiger partial charge in [-0.3, -0.25) is 0 Å². The quantitative estimate of drug-likeness (QED) is 0.732. The summed E-state index contributed by atoms with van der Waals surface area (Å²) in [7, 11) is 0. The van der Waals surface area contributed by atoms with Crippen molar-refractivity contribution in [3.63, 3.8) is 0 Å². The molecular formula is C11H21NO5. The zero-order chi connectivity index (χ0) is 13.1. The second-order valence-corrected chi connectivity index (χ2v) is 5.09. The zero-order valence-corrected chi connectivity index (χ0v) is 10.5. The molecule has 6 heteroatoms. The number of hydrogen-bond donors (Lipinski definition) is 2. The van der Waals surface area contributed by atoms with Crippen molar-refractivity contribution < 1.29 is 24.5 Å². The molecule has 1 amide bonds. The largest absolute Gasteiger partial charge is 0.444 e. The van der Waals surface area contributed by atoms with Gasteiger partial charge in [-0.2, -0.15) is 0 Å². The molecule has 6 nitrogen and oxygen atoms in total. The molecule has 17 heavy (non-hydrogen) atoms. The number of nitrogens with zero attached hydrogens (tertiary/aromatic N) is 1. The van der Waals surface area contributed by atoms with Crippen molar-refractivity contribution in [2.24, 2.45) is 0 Å². The second-order valence-electron chi connectivity index (χ2n) is 5.09. The molecule has 0 spiro atoms. The monoisotopic (exact) mass is 247 g/mol. The predicted molar refractivity (Wildman–Crippen MR) is 60.6 cm³/mol. The van der Waals surface area contributed by atoms with Gasteiger partial charge in [0.05, 0.1) is 32.4 Å². The SMILES string of the molecule is CC(C)(C)OC(=O)N1CC(OCCO)[C@@H](O)C1. The Labute approximate surface area is 101 Å². The summed E-state index contributed by atoms with van der Waals surface area (Å²) in [5.74, 6) is 0. The molecule has 0 bridgehead atoms. The highest BCUT2D eigenvalue weighted by Crippen LogP contribution is 2.17. The van der Waals surface area contributed by atoms with Crippen LogP contribution in [0.5, 0.6) is 0 Å². The van der Waals surface area contributed by atoms with Crippen LogP contribution < -0.4 is 0 Å². The van der Waals surface area contributed by atoms with Gasteiger partial charge in [0.2, 0.25) is 0 Å². The topological polar surface area (TPSA) is 79.2 Å². The van der Waals surface area contributed by atoms with Crippen molar-refractivity contribution >= 4 is 6.09 Å². The van der Waals surface area contributed by atoms with Crippen molar-refractivity contribution in [3.05, 3.63) is 0 Å². The van der Waals surface area contributed by atoms with Gasteiger partial charge >= 0.3 is 6.09 Å². The van der Waals surface area contributed by atoms with E-state index in [1.54, 1.807) is 20.8 Å². The first kappa shape index (κ1) is 14.2. The van der Waals surface area contributed by atoms with Crippen LogP contribution in [0.15, 0.2) is 0 Å². The summed E-state index contributed by atoms with van der Waals surface area (Å²) in [5.41, 5.74) is -0.550. The lowest BCUT2D eigenvalue weighted by Gasteiger charge is -2.24. The Hall–Kier alpha value is -0.850. The Morgan fingerprint density at radius 3 is 2.59 bits per heavy atom. The molecule has 1 fully saturated rings. The Kier molecular flexibility index (Phi) is 4.73. The Morgan fingerprint density at radius 1 is 1.41 bits per heavy atom. The molecule has 0 aromatic rings. The van der Waals surface area contributed by atoms with E-state index in [0.29, 0.717) is 0 Å². The number of hydrogen-bond acceptors (Lipinski definition) is 5. The number of carbonyl (C=O) groups excluding carboxylic acids is 1. The number of aliphatic hydroxyl groups excluding tert-OH is 2. The third-order valence-electron chi connectivity index (χ3n) is 2.31. The van der Waals surface area contributed by atoms with Gasteiger partial charge < -0.3 is 24.6 Å². The van der Waals surface area contributed by atoms with E-state index >= 15 is 0 Å². The molecule has 0 radical (unpaired) electrons. The minimum Gasteiger partial charge on any atom is -0.444 e. The number of likely N-dealkylation sites (tertiary alicyclic amines) is 1. The first-order valence-electron chi connectivity index (χ1n) is 5.72. The fraction of sp³-hybridized carbons (Fsp3) is 0.909. The average molecular weight is 247 g/mol. The van der Waals surface area contributed by atoms with E-state index in [0.717, 1.165) is 0 Å². The summed E-state index contributed by atoms with van der Waals surface area (Å²) < 4.78 is 10.4. The number of amides is 1. The summed E-state index contributed by atoms with van der Waals surface area (Å²) in [4.78, 5) is 13.1. The molecule has 2 atom stereocenters. The third-order valence-corrected chi connectivity index (χ3v) is 2.31. The lowest BCUT2D eigenvalue weighted by atomic mass is 10.2. The summed E-state index contributed by atoms with van der Waals surface area (Å²) in [6.45, 7) is 5.91. The number of aliphatic hydroxyl groups is 2. The third kappa shape index (κ3) is 4.49. The average Bonchev–Trinajstić information content (AvgIpc) is 2.54. The van der Waals surface area contributed by atoms with Crippen LogP contribution in [0.2, 0.25) is 0 Å². The van der Waals surface area contributed by atoms with Crippen LogP contribution in [0, 0.1) is 0 Å². The minimum atomic E-state index is -0.728. The van der Waals surface area contributed by atoms with Crippen molar-refractivity contribution in [2.75, 3.05) is 26.3 Å². The lowest BCUT2D eigenvalue weighted by molar-refractivity contribution is -0.0215. The molecule has 1 unspecified atom stereocenters. The van der Waals surface area contributed by atoms with E-state index < -0.39 is 23.9 Å². The summed E-state index contributed by atoms with van der Waals surface area (Å²) >= 11 is 0. The van der Waals surface area contributed by atoms with E-state index in [2.05, 4.69) is 0 Å². The molecular weight excluding hydrogens is 226 g/mol. The summed E-state index contributed by atoms with van der Waals surface area (Å²) in [6, 6.07) is 0. The maximum absolute atomic E-state index is 11.7. The number of carbonyl (C=O) groups is 1. The molecule has 1 aliphatic rings. The molecule has 0 aromatic carbocycles. The van der Waals surface area contributed by atoms with E-state index in [9.17, 15) is 9.90 Å². The fourth-order valence-corrected chi connectivity index (χ4v) is 1.60. The Bertz CT molecular complexity index is 263. The molecule has 1 heterocycles. The molecule has 1 aliphatic heterocycles. The van der Waals surface area contributed by atoms with Gasteiger partial charge in [0, 0.05) is 0 Å². The normalized spacial score (nSPS) is 25.1. The first-order chi connectivity index (χ1) is 7.83. The van der Waals surface area contributed by atoms with E-state index in [1.807, 2.05) is 0 Å². The van der Waals surface area contributed by atoms with Crippen LogP contribution >= 0.6 is 0 Å². The minimum absolute atomic E-state index is 0.102. The van der Waals surface area contributed by atoms with Crippen LogP contribution in [0.3, 0.4) is 0 Å². The first-order valence-corrected chi connectivity index (χ1v) is 5.72. The standard InChI is InChI=1S/C11H21NO5/c1-11(2,3)17-10(15)12-6-8(14)9(7-12)16-5-4-13/h8-9,13-14H,4-7H2,1-3H3/t8-,9?/m0/s1. The maximum atomic E-state index is 11.7.